The number of nitrogens with zero attached hydrogens (tertiary/aromatic N) is 2. The minimum absolute atomic E-state index is 0.197. The molecule has 2 nitrogen and oxygen atoms in total. The summed E-state index contributed by atoms with van der Waals surface area (Å²) in [6.45, 7) is 4.47. The van der Waals surface area contributed by atoms with Gasteiger partial charge in [0.15, 0.2) is 0 Å². The Morgan fingerprint density at radius 3 is 1.84 bits per heavy atom. The molecule has 0 bridgehead atoms. The van der Waals surface area contributed by atoms with Crippen LogP contribution in [0, 0.1) is 0 Å². The number of hydrazone groups is 1. The van der Waals surface area contributed by atoms with Gasteiger partial charge in [-0.3, -0.25) is 5.01 Å². The third-order valence-electron chi connectivity index (χ3n) is 6.24. The monoisotopic (exact) mass is 416 g/mol. The molecule has 1 atom stereocenters. The molecule has 0 amide bonds. The number of hydrogen-bond donors (Lipinski definition) is 0. The molecular weight excluding hydrogens is 388 g/mol. The fourth-order valence-electron chi connectivity index (χ4n) is 4.35. The Morgan fingerprint density at radius 1 is 0.656 bits per heavy atom. The molecule has 32 heavy (non-hydrogen) atoms. The molecule has 1 heterocycles. The molecule has 0 aromatic heterocycles. The van der Waals surface area contributed by atoms with Crippen LogP contribution >= 0.6 is 0 Å². The van der Waals surface area contributed by atoms with Crippen molar-refractivity contribution in [2.24, 2.45) is 5.10 Å². The Hall–Kier alpha value is -3.65. The average molecular weight is 417 g/mol. The number of para-hydroxylation sites is 1. The highest BCUT2D eigenvalue weighted by Crippen LogP contribution is 2.37. The van der Waals surface area contributed by atoms with E-state index in [1.807, 2.05) is 0 Å². The number of rotatable bonds is 5. The van der Waals surface area contributed by atoms with Gasteiger partial charge in [0, 0.05) is 6.42 Å². The van der Waals surface area contributed by atoms with E-state index in [1.165, 1.54) is 27.8 Å². The summed E-state index contributed by atoms with van der Waals surface area (Å²) in [5, 5.41) is 7.28. The van der Waals surface area contributed by atoms with Crippen LogP contribution in [-0.4, -0.2) is 5.71 Å². The van der Waals surface area contributed by atoms with Gasteiger partial charge in [-0.2, -0.15) is 5.10 Å². The van der Waals surface area contributed by atoms with Crippen molar-refractivity contribution in [2.45, 2.75) is 32.2 Å². The van der Waals surface area contributed by atoms with Gasteiger partial charge in [-0.15, -0.1) is 0 Å². The van der Waals surface area contributed by atoms with E-state index in [9.17, 15) is 0 Å². The van der Waals surface area contributed by atoms with Crippen molar-refractivity contribution < 1.29 is 0 Å². The lowest BCUT2D eigenvalue weighted by molar-refractivity contribution is 0.707. The topological polar surface area (TPSA) is 15.6 Å². The maximum absolute atomic E-state index is 5.10. The summed E-state index contributed by atoms with van der Waals surface area (Å²) in [7, 11) is 0. The molecule has 0 fully saturated rings. The van der Waals surface area contributed by atoms with Crippen LogP contribution in [0.1, 0.15) is 48.9 Å². The zero-order valence-electron chi connectivity index (χ0n) is 18.6. The molecule has 4 aromatic rings. The largest absolute Gasteiger partial charge is 0.257 e. The lowest BCUT2D eigenvalue weighted by Crippen LogP contribution is -2.18. The van der Waals surface area contributed by atoms with E-state index in [-0.39, 0.29) is 6.04 Å². The van der Waals surface area contributed by atoms with E-state index in [1.54, 1.807) is 0 Å². The van der Waals surface area contributed by atoms with Crippen LogP contribution in [0.15, 0.2) is 114 Å². The highest BCUT2D eigenvalue weighted by Gasteiger charge is 2.29. The van der Waals surface area contributed by atoms with Crippen LogP contribution in [0.5, 0.6) is 0 Å². The molecule has 1 aliphatic rings. The van der Waals surface area contributed by atoms with Gasteiger partial charge >= 0.3 is 0 Å². The first-order chi connectivity index (χ1) is 15.7. The van der Waals surface area contributed by atoms with Crippen molar-refractivity contribution in [3.63, 3.8) is 0 Å². The fourth-order valence-corrected chi connectivity index (χ4v) is 4.35. The smallest absolute Gasteiger partial charge is 0.0831 e. The maximum atomic E-state index is 5.10. The molecule has 1 unspecified atom stereocenters. The van der Waals surface area contributed by atoms with Crippen molar-refractivity contribution >= 4 is 11.4 Å². The van der Waals surface area contributed by atoms with Gasteiger partial charge in [-0.25, -0.2) is 0 Å². The molecule has 4 aromatic carbocycles. The van der Waals surface area contributed by atoms with Crippen LogP contribution in [0.4, 0.5) is 5.69 Å². The van der Waals surface area contributed by atoms with E-state index in [0.717, 1.165) is 17.8 Å². The third-order valence-corrected chi connectivity index (χ3v) is 6.24. The number of anilines is 1. The molecule has 5 rings (SSSR count). The van der Waals surface area contributed by atoms with Crippen molar-refractivity contribution in [2.75, 3.05) is 5.01 Å². The van der Waals surface area contributed by atoms with Crippen molar-refractivity contribution in [3.8, 4) is 11.1 Å². The lowest BCUT2D eigenvalue weighted by atomic mass is 9.94. The highest BCUT2D eigenvalue weighted by atomic mass is 15.5. The Bertz CT molecular complexity index is 1190. The van der Waals surface area contributed by atoms with E-state index < -0.39 is 0 Å². The van der Waals surface area contributed by atoms with Crippen LogP contribution in [-0.2, 0) is 0 Å². The zero-order chi connectivity index (χ0) is 21.9. The van der Waals surface area contributed by atoms with Crippen molar-refractivity contribution in [3.05, 3.63) is 126 Å². The van der Waals surface area contributed by atoms with E-state index in [2.05, 4.69) is 128 Å². The summed E-state index contributed by atoms with van der Waals surface area (Å²) in [6, 6.07) is 39.1. The maximum Gasteiger partial charge on any atom is 0.0831 e. The molecule has 158 valence electrons. The lowest BCUT2D eigenvalue weighted by Gasteiger charge is -2.24. The quantitative estimate of drug-likeness (QED) is 0.324. The second-order valence-corrected chi connectivity index (χ2v) is 8.71. The van der Waals surface area contributed by atoms with Gasteiger partial charge in [-0.05, 0) is 45.9 Å². The van der Waals surface area contributed by atoms with Crippen LogP contribution in [0.2, 0.25) is 0 Å². The van der Waals surface area contributed by atoms with Gasteiger partial charge in [0.1, 0.15) is 0 Å². The molecule has 0 spiro atoms. The first-order valence-corrected chi connectivity index (χ1v) is 11.4. The van der Waals surface area contributed by atoms with Crippen molar-refractivity contribution in [1.82, 2.24) is 0 Å². The molecule has 0 saturated heterocycles. The normalized spacial score (nSPS) is 15.8. The molecule has 0 aliphatic carbocycles. The first kappa shape index (κ1) is 20.3. The molecule has 0 saturated carbocycles. The van der Waals surface area contributed by atoms with Crippen molar-refractivity contribution in [1.29, 1.82) is 0 Å². The second kappa shape index (κ2) is 8.84. The Labute approximate surface area is 190 Å². The fraction of sp³-hybridized carbons (Fsp3) is 0.167. The predicted molar refractivity (Wildman–Crippen MR) is 135 cm³/mol. The summed E-state index contributed by atoms with van der Waals surface area (Å²) in [6.07, 6.45) is 0.889. The van der Waals surface area contributed by atoms with Crippen LogP contribution < -0.4 is 5.01 Å². The predicted octanol–water partition coefficient (Wildman–Crippen LogP) is 7.83. The van der Waals surface area contributed by atoms with Crippen LogP contribution in [0.25, 0.3) is 11.1 Å². The summed E-state index contributed by atoms with van der Waals surface area (Å²) in [5.41, 5.74) is 8.59. The van der Waals surface area contributed by atoms with Gasteiger partial charge in [0.05, 0.1) is 17.4 Å². The van der Waals surface area contributed by atoms with Gasteiger partial charge < -0.3 is 0 Å². The summed E-state index contributed by atoms with van der Waals surface area (Å²) in [5.74, 6) is 0.535. The second-order valence-electron chi connectivity index (χ2n) is 8.71. The van der Waals surface area contributed by atoms with Gasteiger partial charge in [-0.1, -0.05) is 111 Å². The standard InChI is InChI=1S/C30H28N2/c1-22(2)23-13-19-27(20-14-23)30-21-29(31-32(30)28-11-7-4-8-12-28)26-17-15-25(16-18-26)24-9-5-3-6-10-24/h3-20,22,30H,21H2,1-2H3. The third kappa shape index (κ3) is 4.09. The first-order valence-electron chi connectivity index (χ1n) is 11.4. The highest BCUT2D eigenvalue weighted by molar-refractivity contribution is 6.03. The van der Waals surface area contributed by atoms with E-state index in [4.69, 9.17) is 5.10 Å². The molecular formula is C30H28N2. The zero-order valence-corrected chi connectivity index (χ0v) is 18.6. The number of benzene rings is 4. The van der Waals surface area contributed by atoms with Gasteiger partial charge in [0.2, 0.25) is 0 Å². The summed E-state index contributed by atoms with van der Waals surface area (Å²) < 4.78 is 0. The average Bonchev–Trinajstić information content (AvgIpc) is 3.31. The molecule has 1 aliphatic heterocycles. The summed E-state index contributed by atoms with van der Waals surface area (Å²) >= 11 is 0. The Balaban J connectivity index is 1.47. The number of hydrogen-bond acceptors (Lipinski definition) is 2. The SMILES string of the molecule is CC(C)c1ccc(C2CC(c3ccc(-c4ccccc4)cc3)=NN2c2ccccc2)cc1. The molecule has 2 heteroatoms. The Morgan fingerprint density at radius 2 is 1.22 bits per heavy atom. The Kier molecular flexibility index (Phi) is 5.60. The van der Waals surface area contributed by atoms with Gasteiger partial charge in [0.25, 0.3) is 0 Å². The van der Waals surface area contributed by atoms with E-state index in [0.29, 0.717) is 5.92 Å². The minimum atomic E-state index is 0.197. The minimum Gasteiger partial charge on any atom is -0.257 e. The molecule has 0 N–H and O–H groups in total. The molecule has 0 radical (unpaired) electrons. The van der Waals surface area contributed by atoms with Crippen LogP contribution in [0.3, 0.4) is 0 Å². The summed E-state index contributed by atoms with van der Waals surface area (Å²) in [4.78, 5) is 0. The van der Waals surface area contributed by atoms with E-state index >= 15 is 0 Å².